The lowest BCUT2D eigenvalue weighted by Crippen LogP contribution is -2.33. The van der Waals surface area contributed by atoms with E-state index in [9.17, 15) is 4.79 Å². The Hall–Kier alpha value is -2.24. The maximum atomic E-state index is 12.7. The molecule has 0 spiro atoms. The molecule has 1 aliphatic rings. The van der Waals surface area contributed by atoms with E-state index in [2.05, 4.69) is 15.1 Å². The van der Waals surface area contributed by atoms with Crippen molar-refractivity contribution in [1.29, 1.82) is 0 Å². The zero-order chi connectivity index (χ0) is 14.8. The molecule has 3 rings (SSSR count). The molecule has 1 atom stereocenters. The first-order chi connectivity index (χ1) is 10.2. The van der Waals surface area contributed by atoms with Crippen LogP contribution in [0.15, 0.2) is 24.7 Å². The molecule has 6 heteroatoms. The minimum absolute atomic E-state index is 0.0947. The average Bonchev–Trinajstić information content (AvgIpc) is 3.16. The fourth-order valence-corrected chi connectivity index (χ4v) is 2.67. The van der Waals surface area contributed by atoms with Crippen LogP contribution in [0.25, 0.3) is 0 Å². The molecule has 0 aliphatic carbocycles. The first kappa shape index (κ1) is 13.7. The molecular formula is C15H19N5O. The van der Waals surface area contributed by atoms with Gasteiger partial charge in [-0.3, -0.25) is 9.48 Å². The van der Waals surface area contributed by atoms with Crippen LogP contribution in [0.4, 0.5) is 0 Å². The molecule has 0 radical (unpaired) electrons. The fraction of sp³-hybridized carbons (Fsp3) is 0.467. The van der Waals surface area contributed by atoms with Gasteiger partial charge in [0.1, 0.15) is 11.9 Å². The first-order valence-corrected chi connectivity index (χ1v) is 7.34. The summed E-state index contributed by atoms with van der Waals surface area (Å²) in [6.45, 7) is 5.20. The van der Waals surface area contributed by atoms with Crippen LogP contribution in [0.2, 0.25) is 0 Å². The number of rotatable bonds is 4. The number of carbonyl (C=O) groups excluding carboxylic acids is 1. The van der Waals surface area contributed by atoms with Gasteiger partial charge in [0.2, 0.25) is 5.91 Å². The van der Waals surface area contributed by atoms with E-state index in [1.807, 2.05) is 37.2 Å². The van der Waals surface area contributed by atoms with Crippen LogP contribution in [0.1, 0.15) is 43.4 Å². The molecule has 6 nitrogen and oxygen atoms in total. The van der Waals surface area contributed by atoms with E-state index in [-0.39, 0.29) is 11.9 Å². The molecule has 0 unspecified atom stereocenters. The Labute approximate surface area is 123 Å². The summed E-state index contributed by atoms with van der Waals surface area (Å²) in [5.41, 5.74) is 2.03. The third-order valence-electron chi connectivity index (χ3n) is 3.85. The van der Waals surface area contributed by atoms with Gasteiger partial charge < -0.3 is 4.90 Å². The van der Waals surface area contributed by atoms with E-state index in [1.165, 1.54) is 0 Å². The zero-order valence-corrected chi connectivity index (χ0v) is 12.4. The number of amides is 1. The molecule has 3 heterocycles. The van der Waals surface area contributed by atoms with Crippen LogP contribution < -0.4 is 0 Å². The largest absolute Gasteiger partial charge is 0.330 e. The van der Waals surface area contributed by atoms with E-state index in [4.69, 9.17) is 0 Å². The molecule has 1 aliphatic heterocycles. The molecule has 2 aromatic rings. The predicted molar refractivity (Wildman–Crippen MR) is 77.2 cm³/mol. The molecule has 21 heavy (non-hydrogen) atoms. The summed E-state index contributed by atoms with van der Waals surface area (Å²) in [5.74, 6) is 0.930. The van der Waals surface area contributed by atoms with Gasteiger partial charge in [-0.25, -0.2) is 9.97 Å². The number of hydrogen-bond donors (Lipinski definition) is 0. The molecule has 110 valence electrons. The van der Waals surface area contributed by atoms with Gasteiger partial charge in [-0.05, 0) is 12.5 Å². The third-order valence-corrected chi connectivity index (χ3v) is 3.85. The lowest BCUT2D eigenvalue weighted by molar-refractivity contribution is -0.135. The minimum atomic E-state index is -0.243. The van der Waals surface area contributed by atoms with Gasteiger partial charge in [0, 0.05) is 37.1 Å². The summed E-state index contributed by atoms with van der Waals surface area (Å²) in [6.07, 6.45) is 6.92. The van der Waals surface area contributed by atoms with E-state index in [1.54, 1.807) is 10.9 Å². The van der Waals surface area contributed by atoms with E-state index in [0.29, 0.717) is 13.1 Å². The Bertz CT molecular complexity index is 638. The smallest absolute Gasteiger partial charge is 0.248 e. The molecule has 0 saturated carbocycles. The normalized spacial score (nSPS) is 15.0. The summed E-state index contributed by atoms with van der Waals surface area (Å²) in [4.78, 5) is 23.4. The highest BCUT2D eigenvalue weighted by atomic mass is 16.2. The van der Waals surface area contributed by atoms with Crippen LogP contribution in [-0.2, 0) is 24.3 Å². The Balaban J connectivity index is 1.78. The number of fused-ring (bicyclic) bond motifs is 1. The summed E-state index contributed by atoms with van der Waals surface area (Å²) in [7, 11) is 0. The fourth-order valence-electron chi connectivity index (χ4n) is 2.67. The minimum Gasteiger partial charge on any atom is -0.330 e. The molecule has 0 bridgehead atoms. The van der Waals surface area contributed by atoms with Crippen molar-refractivity contribution >= 4 is 5.91 Å². The summed E-state index contributed by atoms with van der Waals surface area (Å²) in [6, 6.07) is 1.60. The van der Waals surface area contributed by atoms with Gasteiger partial charge in [0.25, 0.3) is 0 Å². The average molecular weight is 285 g/mol. The summed E-state index contributed by atoms with van der Waals surface area (Å²) < 4.78 is 1.73. The number of aromatic nitrogens is 4. The Morgan fingerprint density at radius 1 is 1.38 bits per heavy atom. The molecule has 1 amide bonds. The van der Waals surface area contributed by atoms with Gasteiger partial charge in [-0.1, -0.05) is 13.8 Å². The quantitative estimate of drug-likeness (QED) is 0.858. The molecular weight excluding hydrogens is 266 g/mol. The third kappa shape index (κ3) is 2.53. The molecule has 0 aromatic carbocycles. The summed E-state index contributed by atoms with van der Waals surface area (Å²) >= 11 is 0. The second-order valence-corrected chi connectivity index (χ2v) is 5.22. The van der Waals surface area contributed by atoms with Gasteiger partial charge in [0.05, 0.1) is 12.2 Å². The number of nitrogens with zero attached hydrogens (tertiary/aromatic N) is 5. The Morgan fingerprint density at radius 3 is 2.90 bits per heavy atom. The number of hydrogen-bond acceptors (Lipinski definition) is 4. The second kappa shape index (κ2) is 5.63. The highest BCUT2D eigenvalue weighted by Gasteiger charge is 2.30. The van der Waals surface area contributed by atoms with Crippen LogP contribution in [0, 0.1) is 0 Å². The van der Waals surface area contributed by atoms with Crippen molar-refractivity contribution < 1.29 is 4.79 Å². The van der Waals surface area contributed by atoms with Gasteiger partial charge in [-0.2, -0.15) is 5.10 Å². The molecule has 2 aromatic heterocycles. The van der Waals surface area contributed by atoms with E-state index < -0.39 is 0 Å². The molecule has 0 saturated heterocycles. The van der Waals surface area contributed by atoms with Crippen LogP contribution in [0.3, 0.4) is 0 Å². The Kier molecular flexibility index (Phi) is 3.68. The van der Waals surface area contributed by atoms with E-state index in [0.717, 1.165) is 29.9 Å². The van der Waals surface area contributed by atoms with Crippen LogP contribution >= 0.6 is 0 Å². The number of aryl methyl sites for hydroxylation is 1. The topological polar surface area (TPSA) is 63.9 Å². The molecule has 0 fully saturated rings. The van der Waals surface area contributed by atoms with Crippen LogP contribution in [0.5, 0.6) is 0 Å². The van der Waals surface area contributed by atoms with Gasteiger partial charge in [-0.15, -0.1) is 0 Å². The standard InChI is InChI=1S/C15H19N5O/c1-3-13(20-7-5-6-17-20)15(21)19-9-11-8-16-14(4-2)18-12(11)10-19/h5-8,13H,3-4,9-10H2,1-2H3/t13-/m0/s1. The van der Waals surface area contributed by atoms with Gasteiger partial charge in [0.15, 0.2) is 0 Å². The lowest BCUT2D eigenvalue weighted by atomic mass is 10.2. The van der Waals surface area contributed by atoms with E-state index >= 15 is 0 Å². The van der Waals surface area contributed by atoms with Crippen molar-refractivity contribution in [3.05, 3.63) is 41.7 Å². The van der Waals surface area contributed by atoms with Crippen LogP contribution in [-0.4, -0.2) is 30.6 Å². The summed E-state index contributed by atoms with van der Waals surface area (Å²) in [5, 5.41) is 4.20. The number of carbonyl (C=O) groups is 1. The van der Waals surface area contributed by atoms with Crippen molar-refractivity contribution in [1.82, 2.24) is 24.6 Å². The van der Waals surface area contributed by atoms with Crippen molar-refractivity contribution in [2.45, 2.75) is 45.8 Å². The van der Waals surface area contributed by atoms with Crippen molar-refractivity contribution in [3.63, 3.8) is 0 Å². The van der Waals surface area contributed by atoms with Crippen molar-refractivity contribution in [2.75, 3.05) is 0 Å². The van der Waals surface area contributed by atoms with Crippen molar-refractivity contribution in [3.8, 4) is 0 Å². The Morgan fingerprint density at radius 2 is 2.24 bits per heavy atom. The molecule has 0 N–H and O–H groups in total. The highest BCUT2D eigenvalue weighted by molar-refractivity contribution is 5.80. The SMILES string of the molecule is CCc1ncc2c(n1)CN(C(=O)[C@H](CC)n1cccn1)C2. The maximum Gasteiger partial charge on any atom is 0.248 e. The lowest BCUT2D eigenvalue weighted by Gasteiger charge is -2.22. The predicted octanol–water partition coefficient (Wildman–Crippen LogP) is 1.73. The van der Waals surface area contributed by atoms with Gasteiger partial charge >= 0.3 is 0 Å². The second-order valence-electron chi connectivity index (χ2n) is 5.22. The zero-order valence-electron chi connectivity index (χ0n) is 12.4. The highest BCUT2D eigenvalue weighted by Crippen LogP contribution is 2.24. The maximum absolute atomic E-state index is 12.7. The monoisotopic (exact) mass is 285 g/mol. The van der Waals surface area contributed by atoms with Crippen molar-refractivity contribution in [2.24, 2.45) is 0 Å². The first-order valence-electron chi connectivity index (χ1n) is 7.34.